The summed E-state index contributed by atoms with van der Waals surface area (Å²) in [6, 6.07) is 8.16. The number of unbranched alkanes of at least 4 members (excludes halogenated alkanes) is 2. The van der Waals surface area contributed by atoms with Crippen LogP contribution in [0.3, 0.4) is 0 Å². The van der Waals surface area contributed by atoms with E-state index in [-0.39, 0.29) is 5.82 Å². The van der Waals surface area contributed by atoms with Crippen molar-refractivity contribution >= 4 is 11.7 Å². The summed E-state index contributed by atoms with van der Waals surface area (Å²) in [6.45, 7) is 14.8. The number of halogens is 1. The average Bonchev–Trinajstić information content (AvgIpc) is 3.35. The van der Waals surface area contributed by atoms with Crippen molar-refractivity contribution in [2.75, 3.05) is 32.7 Å². The minimum absolute atomic E-state index is 0.156. The normalized spacial score (nSPS) is 20.6. The van der Waals surface area contributed by atoms with Gasteiger partial charge in [-0.1, -0.05) is 39.3 Å². The largest absolute Gasteiger partial charge is 0.355 e. The summed E-state index contributed by atoms with van der Waals surface area (Å²) < 4.78 is 15.9. The third-order valence-electron chi connectivity index (χ3n) is 7.44. The molecule has 2 unspecified atom stereocenters. The maximum Gasteiger partial charge on any atom is 0.247 e. The molecule has 0 amide bonds. The van der Waals surface area contributed by atoms with Gasteiger partial charge >= 0.3 is 0 Å². The molecule has 190 valence electrons. The van der Waals surface area contributed by atoms with Crippen LogP contribution >= 0.6 is 0 Å². The summed E-state index contributed by atoms with van der Waals surface area (Å²) in [5.41, 5.74) is 1.21. The Labute approximate surface area is 207 Å². The Kier molecular flexibility index (Phi) is 10.9. The van der Waals surface area contributed by atoms with Crippen molar-refractivity contribution in [2.24, 2.45) is 4.99 Å². The van der Waals surface area contributed by atoms with E-state index < -0.39 is 0 Å². The minimum Gasteiger partial charge on any atom is -0.355 e. The van der Waals surface area contributed by atoms with Crippen LogP contribution in [0.4, 0.5) is 4.39 Å². The first kappa shape index (κ1) is 26.7. The molecular weight excluding hydrogens is 423 g/mol. The lowest BCUT2D eigenvalue weighted by Crippen LogP contribution is -2.38. The van der Waals surface area contributed by atoms with E-state index in [2.05, 4.69) is 42.1 Å². The molecule has 0 aliphatic carbocycles. The zero-order chi connectivity index (χ0) is 24.3. The third kappa shape index (κ3) is 7.29. The molecular formula is C29H48FN4+. The molecule has 2 aliphatic heterocycles. The van der Waals surface area contributed by atoms with Crippen LogP contribution in [0.1, 0.15) is 91.0 Å². The van der Waals surface area contributed by atoms with E-state index in [0.717, 1.165) is 32.4 Å². The van der Waals surface area contributed by atoms with Gasteiger partial charge in [0.15, 0.2) is 0 Å². The van der Waals surface area contributed by atoms with Gasteiger partial charge in [-0.3, -0.25) is 14.5 Å². The SMILES string of the molecule is CCCCN1C(CCC)=[N+](CCCCC2CN=C(CCC)N2CCc2ccc(F)cc2)CC1C. The molecule has 0 spiro atoms. The van der Waals surface area contributed by atoms with Gasteiger partial charge in [0.2, 0.25) is 5.84 Å². The van der Waals surface area contributed by atoms with Gasteiger partial charge < -0.3 is 4.90 Å². The van der Waals surface area contributed by atoms with Crippen LogP contribution in [0, 0.1) is 5.82 Å². The van der Waals surface area contributed by atoms with Crippen molar-refractivity contribution < 1.29 is 8.97 Å². The number of rotatable bonds is 15. The van der Waals surface area contributed by atoms with E-state index >= 15 is 0 Å². The summed E-state index contributed by atoms with van der Waals surface area (Å²) >= 11 is 0. The van der Waals surface area contributed by atoms with E-state index in [1.807, 2.05) is 12.1 Å². The second-order valence-corrected chi connectivity index (χ2v) is 10.2. The maximum absolute atomic E-state index is 13.3. The van der Waals surface area contributed by atoms with E-state index in [4.69, 9.17) is 4.99 Å². The molecule has 34 heavy (non-hydrogen) atoms. The summed E-state index contributed by atoms with van der Waals surface area (Å²) in [6.07, 6.45) is 11.9. The number of benzene rings is 1. The van der Waals surface area contributed by atoms with Crippen molar-refractivity contribution in [3.05, 3.63) is 35.6 Å². The predicted octanol–water partition coefficient (Wildman–Crippen LogP) is 6.14. The molecule has 0 bridgehead atoms. The molecule has 2 aliphatic rings. The van der Waals surface area contributed by atoms with Gasteiger partial charge in [-0.2, -0.15) is 0 Å². The molecule has 3 rings (SSSR count). The second-order valence-electron chi connectivity index (χ2n) is 10.2. The molecule has 4 nitrogen and oxygen atoms in total. The Bertz CT molecular complexity index is 801. The molecule has 0 radical (unpaired) electrons. The maximum atomic E-state index is 13.3. The highest BCUT2D eigenvalue weighted by atomic mass is 19.1. The molecule has 0 saturated heterocycles. The fourth-order valence-electron chi connectivity index (χ4n) is 5.58. The molecule has 2 heterocycles. The first-order valence-corrected chi connectivity index (χ1v) is 14.0. The van der Waals surface area contributed by atoms with Crippen LogP contribution in [-0.2, 0) is 6.42 Å². The molecule has 0 saturated carbocycles. The number of amidine groups is 2. The van der Waals surface area contributed by atoms with Crippen molar-refractivity contribution in [3.63, 3.8) is 0 Å². The lowest BCUT2D eigenvalue weighted by Gasteiger charge is -2.28. The summed E-state index contributed by atoms with van der Waals surface area (Å²) in [4.78, 5) is 10.2. The second kappa shape index (κ2) is 13.8. The van der Waals surface area contributed by atoms with E-state index in [0.29, 0.717) is 12.1 Å². The predicted molar refractivity (Wildman–Crippen MR) is 143 cm³/mol. The van der Waals surface area contributed by atoms with Gasteiger partial charge in [0.05, 0.1) is 25.5 Å². The topological polar surface area (TPSA) is 21.9 Å². The highest BCUT2D eigenvalue weighted by molar-refractivity contribution is 5.84. The van der Waals surface area contributed by atoms with Gasteiger partial charge in [0.25, 0.3) is 0 Å². The molecule has 2 atom stereocenters. The van der Waals surface area contributed by atoms with Gasteiger partial charge in [-0.15, -0.1) is 0 Å². The fourth-order valence-corrected chi connectivity index (χ4v) is 5.58. The lowest BCUT2D eigenvalue weighted by atomic mass is 10.1. The Hall–Kier alpha value is -1.91. The number of nitrogens with zero attached hydrogens (tertiary/aromatic N) is 4. The van der Waals surface area contributed by atoms with Crippen LogP contribution in [0.15, 0.2) is 29.3 Å². The lowest BCUT2D eigenvalue weighted by molar-refractivity contribution is -0.522. The van der Waals surface area contributed by atoms with Crippen LogP contribution in [0.25, 0.3) is 0 Å². The van der Waals surface area contributed by atoms with E-state index in [9.17, 15) is 4.39 Å². The Morgan fingerprint density at radius 1 is 0.912 bits per heavy atom. The highest BCUT2D eigenvalue weighted by Gasteiger charge is 2.35. The summed E-state index contributed by atoms with van der Waals surface area (Å²) in [7, 11) is 0. The Morgan fingerprint density at radius 3 is 2.38 bits per heavy atom. The van der Waals surface area contributed by atoms with Gasteiger partial charge in [-0.05, 0) is 69.6 Å². The van der Waals surface area contributed by atoms with Crippen LogP contribution in [0.5, 0.6) is 0 Å². The Morgan fingerprint density at radius 2 is 1.68 bits per heavy atom. The Balaban J connectivity index is 1.51. The first-order chi connectivity index (χ1) is 16.6. The molecule has 5 heteroatoms. The van der Waals surface area contributed by atoms with Crippen molar-refractivity contribution in [1.82, 2.24) is 9.80 Å². The quantitative estimate of drug-likeness (QED) is 0.226. The molecule has 1 aromatic carbocycles. The van der Waals surface area contributed by atoms with Gasteiger partial charge in [0.1, 0.15) is 18.4 Å². The minimum atomic E-state index is -0.156. The van der Waals surface area contributed by atoms with E-state index in [1.54, 1.807) is 18.0 Å². The summed E-state index contributed by atoms with van der Waals surface area (Å²) in [5, 5.41) is 0. The monoisotopic (exact) mass is 471 g/mol. The highest BCUT2D eigenvalue weighted by Crippen LogP contribution is 2.21. The standard InChI is InChI=1S/C29H48FN4/c1-5-8-20-33-24(4)23-32(29(33)12-7-3)19-10-9-13-27-22-31-28(11-6-2)34(27)21-18-25-14-16-26(30)17-15-25/h14-17,24,27H,5-13,18-23H2,1-4H3/q+1. The van der Waals surface area contributed by atoms with Crippen LogP contribution in [-0.4, -0.2) is 70.9 Å². The van der Waals surface area contributed by atoms with E-state index in [1.165, 1.54) is 76.0 Å². The average molecular weight is 472 g/mol. The van der Waals surface area contributed by atoms with Crippen LogP contribution < -0.4 is 0 Å². The van der Waals surface area contributed by atoms with Gasteiger partial charge in [-0.25, -0.2) is 4.39 Å². The van der Waals surface area contributed by atoms with Crippen molar-refractivity contribution in [2.45, 2.75) is 104 Å². The zero-order valence-corrected chi connectivity index (χ0v) is 22.2. The number of hydrogen-bond acceptors (Lipinski definition) is 3. The van der Waals surface area contributed by atoms with Crippen LogP contribution in [0.2, 0.25) is 0 Å². The third-order valence-corrected chi connectivity index (χ3v) is 7.44. The number of aliphatic imine (C=N–C) groups is 1. The van der Waals surface area contributed by atoms with Crippen molar-refractivity contribution in [3.8, 4) is 0 Å². The van der Waals surface area contributed by atoms with Gasteiger partial charge in [0, 0.05) is 25.4 Å². The molecule has 0 N–H and O–H groups in total. The fraction of sp³-hybridized carbons (Fsp3) is 0.724. The first-order valence-electron chi connectivity index (χ1n) is 14.0. The molecule has 0 fully saturated rings. The number of hydrogen-bond donors (Lipinski definition) is 0. The zero-order valence-electron chi connectivity index (χ0n) is 22.2. The molecule has 1 aromatic rings. The smallest absolute Gasteiger partial charge is 0.247 e. The summed E-state index contributed by atoms with van der Waals surface area (Å²) in [5.74, 6) is 2.73. The van der Waals surface area contributed by atoms with Crippen molar-refractivity contribution in [1.29, 1.82) is 0 Å². The molecule has 0 aromatic heterocycles.